The van der Waals surface area contributed by atoms with Gasteiger partial charge in [0, 0.05) is 17.6 Å². The Bertz CT molecular complexity index is 517. The number of benzene rings is 1. The molecular formula is C11H10F3N3. The Hall–Kier alpha value is -1.98. The topological polar surface area (TPSA) is 40.7 Å². The van der Waals surface area contributed by atoms with E-state index in [1.807, 2.05) is 6.92 Å². The molecule has 0 fully saturated rings. The number of aryl methyl sites for hydroxylation is 1. The van der Waals surface area contributed by atoms with Crippen LogP contribution in [0.2, 0.25) is 0 Å². The molecular weight excluding hydrogens is 231 g/mol. The molecule has 0 amide bonds. The lowest BCUT2D eigenvalue weighted by Crippen LogP contribution is -2.05. The zero-order valence-corrected chi connectivity index (χ0v) is 8.97. The second-order valence-electron chi connectivity index (χ2n) is 3.62. The number of alkyl halides is 3. The van der Waals surface area contributed by atoms with Crippen molar-refractivity contribution >= 4 is 11.6 Å². The van der Waals surface area contributed by atoms with Gasteiger partial charge in [-0.25, -0.2) is 4.98 Å². The maximum absolute atomic E-state index is 12.5. The minimum absolute atomic E-state index is 0.342. The van der Waals surface area contributed by atoms with Crippen molar-refractivity contribution in [1.29, 1.82) is 0 Å². The van der Waals surface area contributed by atoms with Crippen molar-refractivity contribution in [3.63, 3.8) is 0 Å². The summed E-state index contributed by atoms with van der Waals surface area (Å²) < 4.78 is 37.4. The van der Waals surface area contributed by atoms with E-state index in [9.17, 15) is 13.2 Å². The number of anilines is 2. The van der Waals surface area contributed by atoms with E-state index >= 15 is 0 Å². The fraction of sp³-hybridized carbons (Fsp3) is 0.182. The van der Waals surface area contributed by atoms with Gasteiger partial charge in [0.15, 0.2) is 0 Å². The lowest BCUT2D eigenvalue weighted by Gasteiger charge is -2.08. The van der Waals surface area contributed by atoms with Gasteiger partial charge in [-0.2, -0.15) is 13.2 Å². The van der Waals surface area contributed by atoms with E-state index in [4.69, 9.17) is 0 Å². The van der Waals surface area contributed by atoms with Crippen LogP contribution in [0.5, 0.6) is 0 Å². The summed E-state index contributed by atoms with van der Waals surface area (Å²) >= 11 is 0. The molecule has 0 unspecified atom stereocenters. The number of aromatic amines is 1. The van der Waals surface area contributed by atoms with Gasteiger partial charge in [-0.05, 0) is 25.1 Å². The van der Waals surface area contributed by atoms with Crippen LogP contribution in [0, 0.1) is 6.92 Å². The molecule has 1 heterocycles. The lowest BCUT2D eigenvalue weighted by molar-refractivity contribution is -0.137. The molecule has 90 valence electrons. The highest BCUT2D eigenvalue weighted by molar-refractivity contribution is 5.54. The molecule has 0 bridgehead atoms. The molecule has 6 heteroatoms. The van der Waals surface area contributed by atoms with Gasteiger partial charge in [0.05, 0.1) is 5.56 Å². The molecule has 2 rings (SSSR count). The minimum atomic E-state index is -4.34. The highest BCUT2D eigenvalue weighted by Crippen LogP contribution is 2.31. The molecule has 2 aromatic rings. The van der Waals surface area contributed by atoms with Gasteiger partial charge in [-0.3, -0.25) is 0 Å². The second-order valence-corrected chi connectivity index (χ2v) is 3.62. The highest BCUT2D eigenvalue weighted by atomic mass is 19.4. The van der Waals surface area contributed by atoms with Crippen molar-refractivity contribution in [2.24, 2.45) is 0 Å². The van der Waals surface area contributed by atoms with Crippen LogP contribution in [0.3, 0.4) is 0 Å². The largest absolute Gasteiger partial charge is 0.416 e. The summed E-state index contributed by atoms with van der Waals surface area (Å²) in [6.07, 6.45) is -2.74. The quantitative estimate of drug-likeness (QED) is 0.845. The Labute approximate surface area is 95.7 Å². The normalized spacial score (nSPS) is 11.5. The van der Waals surface area contributed by atoms with Crippen molar-refractivity contribution in [3.05, 3.63) is 41.7 Å². The van der Waals surface area contributed by atoms with Crippen LogP contribution >= 0.6 is 0 Å². The predicted octanol–water partition coefficient (Wildman–Crippen LogP) is 3.48. The first-order chi connectivity index (χ1) is 7.95. The number of H-pyrrole nitrogens is 1. The van der Waals surface area contributed by atoms with Gasteiger partial charge in [-0.1, -0.05) is 6.07 Å². The van der Waals surface area contributed by atoms with Crippen LogP contribution in [0.4, 0.5) is 24.8 Å². The summed E-state index contributed by atoms with van der Waals surface area (Å²) in [6, 6.07) is 4.96. The van der Waals surface area contributed by atoms with Crippen molar-refractivity contribution in [2.45, 2.75) is 13.1 Å². The Kier molecular flexibility index (Phi) is 2.79. The number of hydrogen-bond donors (Lipinski definition) is 2. The molecule has 0 aliphatic rings. The van der Waals surface area contributed by atoms with Gasteiger partial charge >= 0.3 is 6.18 Å². The number of rotatable bonds is 2. The van der Waals surface area contributed by atoms with E-state index < -0.39 is 11.7 Å². The monoisotopic (exact) mass is 241 g/mol. The Morgan fingerprint density at radius 1 is 1.29 bits per heavy atom. The molecule has 3 nitrogen and oxygen atoms in total. The molecule has 0 saturated carbocycles. The standard InChI is InChI=1S/C11H10F3N3/c1-7-6-15-10(16-7)17-9-4-2-3-8(5-9)11(12,13)14/h2-6H,1H3,(H2,15,16,17). The third kappa shape index (κ3) is 2.77. The average molecular weight is 241 g/mol. The van der Waals surface area contributed by atoms with Crippen LogP contribution in [-0.2, 0) is 6.18 Å². The van der Waals surface area contributed by atoms with E-state index in [0.717, 1.165) is 17.8 Å². The number of aromatic nitrogens is 2. The maximum Gasteiger partial charge on any atom is 0.416 e. The Balaban J connectivity index is 2.22. The van der Waals surface area contributed by atoms with E-state index in [1.165, 1.54) is 6.07 Å². The number of halogens is 3. The molecule has 1 aromatic heterocycles. The summed E-state index contributed by atoms with van der Waals surface area (Å²) in [7, 11) is 0. The molecule has 1 aromatic carbocycles. The van der Waals surface area contributed by atoms with E-state index in [2.05, 4.69) is 15.3 Å². The molecule has 0 aliphatic carbocycles. The maximum atomic E-state index is 12.5. The lowest BCUT2D eigenvalue weighted by atomic mass is 10.2. The summed E-state index contributed by atoms with van der Waals surface area (Å²) in [4.78, 5) is 6.83. The Morgan fingerprint density at radius 3 is 2.65 bits per heavy atom. The molecule has 0 saturated heterocycles. The first kappa shape index (κ1) is 11.5. The van der Waals surface area contributed by atoms with Crippen LogP contribution in [0.1, 0.15) is 11.3 Å². The molecule has 0 radical (unpaired) electrons. The molecule has 2 N–H and O–H groups in total. The van der Waals surface area contributed by atoms with E-state index in [-0.39, 0.29) is 0 Å². The molecule has 0 aliphatic heterocycles. The van der Waals surface area contributed by atoms with Gasteiger partial charge in [0.25, 0.3) is 0 Å². The Morgan fingerprint density at radius 2 is 2.06 bits per heavy atom. The van der Waals surface area contributed by atoms with Crippen LogP contribution in [0.25, 0.3) is 0 Å². The van der Waals surface area contributed by atoms with Crippen LogP contribution < -0.4 is 5.32 Å². The van der Waals surface area contributed by atoms with E-state index in [0.29, 0.717) is 11.6 Å². The number of nitrogens with one attached hydrogen (secondary N) is 2. The number of hydrogen-bond acceptors (Lipinski definition) is 2. The van der Waals surface area contributed by atoms with Crippen molar-refractivity contribution in [2.75, 3.05) is 5.32 Å². The zero-order valence-electron chi connectivity index (χ0n) is 8.97. The third-order valence-corrected chi connectivity index (χ3v) is 2.16. The first-order valence-corrected chi connectivity index (χ1v) is 4.91. The highest BCUT2D eigenvalue weighted by Gasteiger charge is 2.30. The number of imidazole rings is 1. The summed E-state index contributed by atoms with van der Waals surface area (Å²) in [5, 5.41) is 2.77. The first-order valence-electron chi connectivity index (χ1n) is 4.91. The zero-order chi connectivity index (χ0) is 12.5. The van der Waals surface area contributed by atoms with Crippen LogP contribution in [-0.4, -0.2) is 9.97 Å². The van der Waals surface area contributed by atoms with Gasteiger partial charge in [0.2, 0.25) is 5.95 Å². The van der Waals surface area contributed by atoms with Crippen LogP contribution in [0.15, 0.2) is 30.5 Å². The van der Waals surface area contributed by atoms with Gasteiger partial charge in [0.1, 0.15) is 0 Å². The fourth-order valence-corrected chi connectivity index (χ4v) is 1.39. The summed E-state index contributed by atoms with van der Waals surface area (Å²) in [5.74, 6) is 0.418. The molecule has 0 spiro atoms. The van der Waals surface area contributed by atoms with Gasteiger partial charge in [-0.15, -0.1) is 0 Å². The predicted molar refractivity (Wildman–Crippen MR) is 58.1 cm³/mol. The molecule has 0 atom stereocenters. The summed E-state index contributed by atoms with van der Waals surface area (Å²) in [6.45, 7) is 1.81. The fourth-order valence-electron chi connectivity index (χ4n) is 1.39. The minimum Gasteiger partial charge on any atom is -0.328 e. The van der Waals surface area contributed by atoms with Crippen molar-refractivity contribution in [1.82, 2.24) is 9.97 Å². The van der Waals surface area contributed by atoms with Crippen molar-refractivity contribution < 1.29 is 13.2 Å². The second kappa shape index (κ2) is 4.12. The molecule has 17 heavy (non-hydrogen) atoms. The SMILES string of the molecule is Cc1cnc(Nc2cccc(C(F)(F)F)c2)[nH]1. The smallest absolute Gasteiger partial charge is 0.328 e. The third-order valence-electron chi connectivity index (χ3n) is 2.16. The average Bonchev–Trinajstić information content (AvgIpc) is 2.63. The van der Waals surface area contributed by atoms with Gasteiger partial charge < -0.3 is 10.3 Å². The summed E-state index contributed by atoms with van der Waals surface area (Å²) in [5.41, 5.74) is 0.486. The number of nitrogens with zero attached hydrogens (tertiary/aromatic N) is 1. The van der Waals surface area contributed by atoms with Crippen molar-refractivity contribution in [3.8, 4) is 0 Å². The van der Waals surface area contributed by atoms with E-state index in [1.54, 1.807) is 12.3 Å².